The summed E-state index contributed by atoms with van der Waals surface area (Å²) in [4.78, 5) is 0. The highest BCUT2D eigenvalue weighted by Gasteiger charge is 2.02. The number of hydrogen-bond acceptors (Lipinski definition) is 3. The van der Waals surface area contributed by atoms with E-state index in [2.05, 4.69) is 10.4 Å². The lowest BCUT2D eigenvalue weighted by Crippen LogP contribution is -2.26. The first-order chi connectivity index (χ1) is 9.15. The molecule has 0 aliphatic carbocycles. The zero-order valence-electron chi connectivity index (χ0n) is 10.2. The molecule has 2 aromatic rings. The van der Waals surface area contributed by atoms with E-state index < -0.39 is 0 Å². The van der Waals surface area contributed by atoms with Crippen LogP contribution in [-0.2, 0) is 0 Å². The zero-order chi connectivity index (χ0) is 13.7. The molecule has 0 bridgehead atoms. The summed E-state index contributed by atoms with van der Waals surface area (Å²) in [6.45, 7) is 0. The van der Waals surface area contributed by atoms with Gasteiger partial charge in [-0.2, -0.15) is 5.10 Å². The van der Waals surface area contributed by atoms with E-state index in [0.717, 1.165) is 5.69 Å². The number of thiocarbonyl (C=S) groups is 1. The van der Waals surface area contributed by atoms with Crippen LogP contribution in [0, 0.1) is 0 Å². The van der Waals surface area contributed by atoms with Gasteiger partial charge in [0.1, 0.15) is 5.76 Å². The molecule has 98 valence electrons. The van der Waals surface area contributed by atoms with Gasteiger partial charge in [-0.25, -0.2) is 5.01 Å². The third-order valence-corrected chi connectivity index (χ3v) is 2.91. The van der Waals surface area contributed by atoms with Crippen molar-refractivity contribution in [3.8, 4) is 0 Å². The second-order valence-electron chi connectivity index (χ2n) is 3.72. The number of hydrogen-bond donors (Lipinski definition) is 1. The van der Waals surface area contributed by atoms with Gasteiger partial charge in [0, 0.05) is 17.8 Å². The lowest BCUT2D eigenvalue weighted by Gasteiger charge is -2.15. The zero-order valence-corrected chi connectivity index (χ0v) is 11.8. The Kier molecular flexibility index (Phi) is 4.54. The van der Waals surface area contributed by atoms with Gasteiger partial charge in [-0.05, 0) is 48.6 Å². The summed E-state index contributed by atoms with van der Waals surface area (Å²) in [5, 5.41) is 9.92. The summed E-state index contributed by atoms with van der Waals surface area (Å²) < 4.78 is 5.14. The molecule has 1 aromatic carbocycles. The maximum atomic E-state index is 5.81. The fourth-order valence-electron chi connectivity index (χ4n) is 1.30. The largest absolute Gasteiger partial charge is 0.463 e. The fourth-order valence-corrected chi connectivity index (χ4v) is 1.59. The van der Waals surface area contributed by atoms with E-state index in [1.54, 1.807) is 42.7 Å². The van der Waals surface area contributed by atoms with E-state index in [9.17, 15) is 0 Å². The average molecular weight is 294 g/mol. The number of rotatable bonds is 3. The Morgan fingerprint density at radius 3 is 2.74 bits per heavy atom. The highest BCUT2D eigenvalue weighted by molar-refractivity contribution is 7.80. The highest BCUT2D eigenvalue weighted by atomic mass is 35.5. The predicted molar refractivity (Wildman–Crippen MR) is 81.7 cm³/mol. The summed E-state index contributed by atoms with van der Waals surface area (Å²) >= 11 is 11.0. The first-order valence-electron chi connectivity index (χ1n) is 5.53. The van der Waals surface area contributed by atoms with Crippen molar-refractivity contribution < 1.29 is 4.42 Å². The average Bonchev–Trinajstić information content (AvgIpc) is 2.91. The lowest BCUT2D eigenvalue weighted by molar-refractivity contribution is 0.538. The topological polar surface area (TPSA) is 40.8 Å². The van der Waals surface area contributed by atoms with E-state index in [0.29, 0.717) is 15.9 Å². The molecule has 1 aromatic heterocycles. The van der Waals surface area contributed by atoms with Crippen molar-refractivity contribution in [1.82, 2.24) is 5.01 Å². The summed E-state index contributed by atoms with van der Waals surface area (Å²) in [5.41, 5.74) is 0.856. The SMILES string of the molecule is CN(/N=C/c1ccco1)C(=S)Nc1ccc(Cl)cc1. The van der Waals surface area contributed by atoms with Gasteiger partial charge < -0.3 is 9.73 Å². The van der Waals surface area contributed by atoms with Gasteiger partial charge in [0.25, 0.3) is 0 Å². The van der Waals surface area contributed by atoms with Crippen molar-refractivity contribution in [2.45, 2.75) is 0 Å². The van der Waals surface area contributed by atoms with Crippen LogP contribution in [0.1, 0.15) is 5.76 Å². The van der Waals surface area contributed by atoms with E-state index >= 15 is 0 Å². The smallest absolute Gasteiger partial charge is 0.193 e. The van der Waals surface area contributed by atoms with Crippen molar-refractivity contribution in [3.05, 3.63) is 53.4 Å². The minimum Gasteiger partial charge on any atom is -0.463 e. The van der Waals surface area contributed by atoms with Crippen LogP contribution in [0.4, 0.5) is 5.69 Å². The van der Waals surface area contributed by atoms with Crippen LogP contribution < -0.4 is 5.32 Å². The molecule has 2 rings (SSSR count). The molecule has 0 aliphatic rings. The van der Waals surface area contributed by atoms with Gasteiger partial charge in [0.05, 0.1) is 12.5 Å². The van der Waals surface area contributed by atoms with Crippen LogP contribution in [-0.4, -0.2) is 23.4 Å². The van der Waals surface area contributed by atoms with Gasteiger partial charge in [-0.15, -0.1) is 0 Å². The van der Waals surface area contributed by atoms with E-state index in [4.69, 9.17) is 28.2 Å². The molecule has 0 spiro atoms. The molecule has 4 nitrogen and oxygen atoms in total. The first kappa shape index (κ1) is 13.6. The van der Waals surface area contributed by atoms with E-state index in [1.165, 1.54) is 0 Å². The summed E-state index contributed by atoms with van der Waals surface area (Å²) in [7, 11) is 1.75. The Morgan fingerprint density at radius 1 is 1.37 bits per heavy atom. The predicted octanol–water partition coefficient (Wildman–Crippen LogP) is 3.60. The normalized spacial score (nSPS) is 10.6. The van der Waals surface area contributed by atoms with Crippen molar-refractivity contribution in [1.29, 1.82) is 0 Å². The van der Waals surface area contributed by atoms with Crippen molar-refractivity contribution in [2.75, 3.05) is 12.4 Å². The molecule has 0 aliphatic heterocycles. The van der Waals surface area contributed by atoms with Gasteiger partial charge >= 0.3 is 0 Å². The molecule has 0 amide bonds. The number of hydrazone groups is 1. The van der Waals surface area contributed by atoms with Gasteiger partial charge in [0.15, 0.2) is 5.11 Å². The molecule has 0 saturated heterocycles. The van der Waals surface area contributed by atoms with Crippen LogP contribution in [0.15, 0.2) is 52.2 Å². The standard InChI is InChI=1S/C13H12ClN3OS/c1-17(15-9-12-3-2-8-18-12)13(19)16-11-6-4-10(14)5-7-11/h2-9H,1H3,(H,16,19)/b15-9+. The molecular weight excluding hydrogens is 282 g/mol. The number of furan rings is 1. The Bertz CT molecular complexity index is 566. The first-order valence-corrected chi connectivity index (χ1v) is 6.31. The van der Waals surface area contributed by atoms with E-state index in [-0.39, 0.29) is 0 Å². The van der Waals surface area contributed by atoms with Gasteiger partial charge in [-0.1, -0.05) is 11.6 Å². The third kappa shape index (κ3) is 4.08. The third-order valence-electron chi connectivity index (χ3n) is 2.29. The maximum absolute atomic E-state index is 5.81. The Hall–Kier alpha value is -1.85. The van der Waals surface area contributed by atoms with Crippen LogP contribution in [0.25, 0.3) is 0 Å². The van der Waals surface area contributed by atoms with Crippen LogP contribution in [0.5, 0.6) is 0 Å². The summed E-state index contributed by atoms with van der Waals surface area (Å²) in [6, 6.07) is 10.9. The molecule has 1 N–H and O–H groups in total. The quantitative estimate of drug-likeness (QED) is 0.533. The summed E-state index contributed by atoms with van der Waals surface area (Å²) in [5.74, 6) is 0.668. The van der Waals surface area contributed by atoms with Crippen LogP contribution in [0.3, 0.4) is 0 Å². The molecular formula is C13H12ClN3OS. The molecule has 0 unspecified atom stereocenters. The van der Waals surface area contributed by atoms with Crippen LogP contribution in [0.2, 0.25) is 5.02 Å². The Labute approximate surface area is 121 Å². The summed E-state index contributed by atoms with van der Waals surface area (Å²) in [6.07, 6.45) is 3.18. The minimum absolute atomic E-state index is 0.477. The highest BCUT2D eigenvalue weighted by Crippen LogP contribution is 2.13. The van der Waals surface area contributed by atoms with Crippen LogP contribution >= 0.6 is 23.8 Å². The van der Waals surface area contributed by atoms with Crippen molar-refractivity contribution in [2.24, 2.45) is 5.10 Å². The minimum atomic E-state index is 0.477. The molecule has 0 saturated carbocycles. The van der Waals surface area contributed by atoms with Crippen molar-refractivity contribution >= 4 is 40.8 Å². The number of nitrogens with one attached hydrogen (secondary N) is 1. The van der Waals surface area contributed by atoms with Gasteiger partial charge in [-0.3, -0.25) is 0 Å². The maximum Gasteiger partial charge on any atom is 0.193 e. The molecule has 1 heterocycles. The molecule has 6 heteroatoms. The lowest BCUT2D eigenvalue weighted by atomic mass is 10.3. The van der Waals surface area contributed by atoms with E-state index in [1.807, 2.05) is 18.2 Å². The molecule has 19 heavy (non-hydrogen) atoms. The van der Waals surface area contributed by atoms with Gasteiger partial charge in [0.2, 0.25) is 0 Å². The van der Waals surface area contributed by atoms with Crippen molar-refractivity contribution in [3.63, 3.8) is 0 Å². The molecule has 0 fully saturated rings. The second-order valence-corrected chi connectivity index (χ2v) is 4.54. The number of nitrogens with zero attached hydrogens (tertiary/aromatic N) is 2. The number of anilines is 1. The monoisotopic (exact) mass is 293 g/mol. The Morgan fingerprint density at radius 2 is 2.11 bits per heavy atom. The fraction of sp³-hybridized carbons (Fsp3) is 0.0769. The molecule has 0 radical (unpaired) electrons. The Balaban J connectivity index is 1.94. The molecule has 0 atom stereocenters. The second kappa shape index (κ2) is 6.36. The number of benzene rings is 1. The number of halogens is 1.